The monoisotopic (exact) mass is 410 g/mol. The maximum Gasteiger partial charge on any atom is 0.306 e. The van der Waals surface area contributed by atoms with Crippen molar-refractivity contribution < 1.29 is 19.1 Å². The molecule has 2 saturated carbocycles. The highest BCUT2D eigenvalue weighted by Gasteiger charge is 2.55. The highest BCUT2D eigenvalue weighted by atomic mass is 16.5. The number of carbonyl (C=O) groups is 3. The number of ketones is 1. The number of hydrogen-bond donors (Lipinski definition) is 0. The zero-order valence-electron chi connectivity index (χ0n) is 18.7. The van der Waals surface area contributed by atoms with Crippen LogP contribution in [0.2, 0.25) is 0 Å². The van der Waals surface area contributed by atoms with Gasteiger partial charge in [-0.15, -0.1) is 0 Å². The molecule has 0 aromatic rings. The number of fused-ring (bicyclic) bond motifs is 5. The van der Waals surface area contributed by atoms with Crippen molar-refractivity contribution in [2.75, 3.05) is 0 Å². The zero-order chi connectivity index (χ0) is 21.7. The van der Waals surface area contributed by atoms with Crippen LogP contribution in [0, 0.1) is 28.6 Å². The molecule has 0 heterocycles. The Bertz CT molecular complexity index is 860. The van der Waals surface area contributed by atoms with Crippen LogP contribution in [-0.4, -0.2) is 24.1 Å². The lowest BCUT2D eigenvalue weighted by Gasteiger charge is -2.53. The summed E-state index contributed by atoms with van der Waals surface area (Å²) in [6.45, 7) is 8.52. The maximum atomic E-state index is 12.7. The van der Waals surface area contributed by atoms with Gasteiger partial charge in [-0.2, -0.15) is 0 Å². The smallest absolute Gasteiger partial charge is 0.306 e. The van der Waals surface area contributed by atoms with E-state index in [0.717, 1.165) is 38.4 Å². The quantitative estimate of drug-likeness (QED) is 0.279. The summed E-state index contributed by atoms with van der Waals surface area (Å²) in [5.41, 5.74) is 3.80. The fourth-order valence-electron chi connectivity index (χ4n) is 6.75. The molecule has 0 spiro atoms. The molecule has 0 amide bonds. The van der Waals surface area contributed by atoms with Crippen molar-refractivity contribution in [2.24, 2.45) is 28.6 Å². The first-order valence-electron chi connectivity index (χ1n) is 11.5. The van der Waals surface area contributed by atoms with Gasteiger partial charge in [0.2, 0.25) is 0 Å². The molecule has 0 radical (unpaired) electrons. The van der Waals surface area contributed by atoms with Crippen molar-refractivity contribution in [1.29, 1.82) is 0 Å². The molecular weight excluding hydrogens is 376 g/mol. The van der Waals surface area contributed by atoms with Gasteiger partial charge in [0.05, 0.1) is 0 Å². The summed E-state index contributed by atoms with van der Waals surface area (Å²) in [6.07, 6.45) is 12.2. The molecule has 5 atom stereocenters. The van der Waals surface area contributed by atoms with Crippen LogP contribution in [0.15, 0.2) is 34.9 Å². The molecule has 0 aromatic carbocycles. The number of hydrogen-bond acceptors (Lipinski definition) is 4. The minimum Gasteiger partial charge on any atom is -0.454 e. The Morgan fingerprint density at radius 2 is 2.03 bits per heavy atom. The van der Waals surface area contributed by atoms with Gasteiger partial charge in [-0.25, -0.2) is 0 Å². The molecule has 2 fully saturated rings. The summed E-state index contributed by atoms with van der Waals surface area (Å²) >= 11 is 0. The van der Waals surface area contributed by atoms with Crippen LogP contribution in [-0.2, 0) is 19.1 Å². The minimum absolute atomic E-state index is 0.0589. The molecule has 162 valence electrons. The Labute approximate surface area is 179 Å². The fraction of sp³-hybridized carbons (Fsp3) is 0.654. The highest BCUT2D eigenvalue weighted by Crippen LogP contribution is 2.64. The number of ether oxygens (including phenoxy) is 1. The van der Waals surface area contributed by atoms with Crippen LogP contribution in [0.4, 0.5) is 0 Å². The summed E-state index contributed by atoms with van der Waals surface area (Å²) in [7, 11) is 0. The van der Waals surface area contributed by atoms with E-state index >= 15 is 0 Å². The van der Waals surface area contributed by atoms with Crippen molar-refractivity contribution in [3.8, 4) is 0 Å². The third-order valence-electron chi connectivity index (χ3n) is 8.32. The van der Waals surface area contributed by atoms with E-state index in [1.807, 2.05) is 13.8 Å². The normalized spacial score (nSPS) is 39.0. The molecule has 4 heteroatoms. The van der Waals surface area contributed by atoms with Crippen LogP contribution in [0.25, 0.3) is 0 Å². The summed E-state index contributed by atoms with van der Waals surface area (Å²) in [6, 6.07) is 0. The van der Waals surface area contributed by atoms with E-state index in [-0.39, 0.29) is 28.5 Å². The van der Waals surface area contributed by atoms with Crippen LogP contribution in [0.1, 0.15) is 72.6 Å². The van der Waals surface area contributed by atoms with Crippen LogP contribution in [0.5, 0.6) is 0 Å². The Morgan fingerprint density at radius 1 is 1.27 bits per heavy atom. The minimum atomic E-state index is -0.674. The first-order chi connectivity index (χ1) is 14.2. The predicted molar refractivity (Wildman–Crippen MR) is 116 cm³/mol. The van der Waals surface area contributed by atoms with Crippen molar-refractivity contribution in [1.82, 2.24) is 0 Å². The first kappa shape index (κ1) is 21.3. The lowest BCUT2D eigenvalue weighted by Crippen LogP contribution is -2.47. The summed E-state index contributed by atoms with van der Waals surface area (Å²) < 4.78 is 5.66. The molecule has 4 nitrogen and oxygen atoms in total. The SMILES string of the molecule is CC(C)CC(=O)OC1C[C@@]2(C)C(=CC1=O)CC[C@@H]1C2=CC[C@]2(C)C(=CC=O)CC[C@@H]12. The van der Waals surface area contributed by atoms with E-state index in [0.29, 0.717) is 24.7 Å². The fourth-order valence-corrected chi connectivity index (χ4v) is 6.75. The van der Waals surface area contributed by atoms with Crippen molar-refractivity contribution in [2.45, 2.75) is 78.7 Å². The van der Waals surface area contributed by atoms with E-state index in [1.165, 1.54) is 16.7 Å². The Hall–Kier alpha value is -1.97. The van der Waals surface area contributed by atoms with E-state index in [4.69, 9.17) is 4.74 Å². The Kier molecular flexibility index (Phi) is 5.40. The molecule has 4 aliphatic carbocycles. The molecule has 0 saturated heterocycles. The molecule has 1 unspecified atom stereocenters. The molecule has 30 heavy (non-hydrogen) atoms. The number of rotatable bonds is 4. The lowest BCUT2D eigenvalue weighted by atomic mass is 9.51. The summed E-state index contributed by atoms with van der Waals surface area (Å²) in [5, 5.41) is 0. The number of allylic oxidation sites excluding steroid dienone is 5. The first-order valence-corrected chi connectivity index (χ1v) is 11.5. The Balaban J connectivity index is 1.63. The topological polar surface area (TPSA) is 60.4 Å². The van der Waals surface area contributed by atoms with Crippen LogP contribution >= 0.6 is 0 Å². The van der Waals surface area contributed by atoms with Crippen molar-refractivity contribution in [3.63, 3.8) is 0 Å². The highest BCUT2D eigenvalue weighted by molar-refractivity contribution is 5.97. The van der Waals surface area contributed by atoms with Gasteiger partial charge in [0.15, 0.2) is 11.9 Å². The summed E-state index contributed by atoms with van der Waals surface area (Å²) in [5.74, 6) is 0.897. The van der Waals surface area contributed by atoms with Gasteiger partial charge in [-0.05, 0) is 67.4 Å². The number of aldehydes is 1. The third kappa shape index (κ3) is 3.33. The molecule has 4 rings (SSSR count). The second-order valence-electron chi connectivity index (χ2n) is 10.6. The van der Waals surface area contributed by atoms with E-state index < -0.39 is 6.10 Å². The second kappa shape index (κ2) is 7.62. The molecule has 0 N–H and O–H groups in total. The van der Waals surface area contributed by atoms with Crippen molar-refractivity contribution in [3.05, 3.63) is 34.9 Å². The molecule has 0 bridgehead atoms. The van der Waals surface area contributed by atoms with Crippen LogP contribution < -0.4 is 0 Å². The van der Waals surface area contributed by atoms with E-state index in [1.54, 1.807) is 12.2 Å². The molecular formula is C26H34O4. The van der Waals surface area contributed by atoms with Crippen molar-refractivity contribution >= 4 is 18.0 Å². The van der Waals surface area contributed by atoms with E-state index in [9.17, 15) is 14.4 Å². The number of esters is 1. The average Bonchev–Trinajstić information content (AvgIpc) is 2.99. The molecule has 0 aliphatic heterocycles. The number of carbonyl (C=O) groups excluding carboxylic acids is 3. The van der Waals surface area contributed by atoms with Gasteiger partial charge in [0.1, 0.15) is 6.29 Å². The lowest BCUT2D eigenvalue weighted by molar-refractivity contribution is -0.156. The largest absolute Gasteiger partial charge is 0.454 e. The zero-order valence-corrected chi connectivity index (χ0v) is 18.7. The third-order valence-corrected chi connectivity index (χ3v) is 8.32. The average molecular weight is 411 g/mol. The predicted octanol–water partition coefficient (Wildman–Crippen LogP) is 5.13. The van der Waals surface area contributed by atoms with Crippen LogP contribution in [0.3, 0.4) is 0 Å². The maximum absolute atomic E-state index is 12.7. The van der Waals surface area contributed by atoms with Gasteiger partial charge in [0, 0.05) is 18.3 Å². The summed E-state index contributed by atoms with van der Waals surface area (Å²) in [4.78, 5) is 36.1. The molecule has 4 aliphatic rings. The van der Waals surface area contributed by atoms with Gasteiger partial charge in [0.25, 0.3) is 0 Å². The van der Waals surface area contributed by atoms with Gasteiger partial charge in [-0.1, -0.05) is 50.5 Å². The van der Waals surface area contributed by atoms with Gasteiger partial charge in [-0.3, -0.25) is 14.4 Å². The second-order valence-corrected chi connectivity index (χ2v) is 10.6. The molecule has 0 aromatic heterocycles. The van der Waals surface area contributed by atoms with Gasteiger partial charge >= 0.3 is 5.97 Å². The Morgan fingerprint density at radius 3 is 2.73 bits per heavy atom. The van der Waals surface area contributed by atoms with E-state index in [2.05, 4.69) is 19.9 Å². The van der Waals surface area contributed by atoms with Gasteiger partial charge < -0.3 is 4.74 Å². The standard InChI is InChI=1S/C26H34O4/c1-16(2)13-24(29)30-23-15-26(4)18(14-22(23)28)5-7-19-20-8-6-17(10-12-27)25(20,3)11-9-21(19)26/h9-10,12,14,16,19-20,23H,5-8,11,13,15H2,1-4H3/t19-,20-,23?,25+,26-/m0/s1.